The van der Waals surface area contributed by atoms with Gasteiger partial charge in [0.05, 0.1) is 12.3 Å². The van der Waals surface area contributed by atoms with Crippen molar-refractivity contribution >= 4 is 11.6 Å². The Kier molecular flexibility index (Phi) is 8.40. The molecule has 156 valence electrons. The maximum atomic E-state index is 9.77. The number of benzene rings is 2. The Morgan fingerprint density at radius 3 is 2.48 bits per heavy atom. The van der Waals surface area contributed by atoms with E-state index < -0.39 is 0 Å². The van der Waals surface area contributed by atoms with Crippen LogP contribution < -0.4 is 29.6 Å². The number of hydrogen-bond donors (Lipinski definition) is 2. The van der Waals surface area contributed by atoms with Crippen LogP contribution in [0.3, 0.4) is 0 Å². The number of aryl methyl sites for hydroxylation is 1. The predicted molar refractivity (Wildman–Crippen MR) is 117 cm³/mol. The zero-order chi connectivity index (χ0) is 20.9. The smallest absolute Gasteiger partial charge is 1.00 e. The van der Waals surface area contributed by atoms with Gasteiger partial charge in [-0.15, -0.1) is 10.2 Å². The van der Waals surface area contributed by atoms with Crippen molar-refractivity contribution in [1.29, 1.82) is 0 Å². The Hall–Kier alpha value is -2.03. The third-order valence-corrected chi connectivity index (χ3v) is 5.43. The number of aromatic nitrogens is 6. The van der Waals surface area contributed by atoms with Crippen molar-refractivity contribution in [2.75, 3.05) is 0 Å². The summed E-state index contributed by atoms with van der Waals surface area (Å²) in [5.41, 5.74) is 4.80. The van der Waals surface area contributed by atoms with Crippen LogP contribution >= 0.6 is 11.6 Å². The fourth-order valence-corrected chi connectivity index (χ4v) is 3.81. The van der Waals surface area contributed by atoms with Crippen LogP contribution in [0, 0.1) is 0 Å². The van der Waals surface area contributed by atoms with E-state index >= 15 is 0 Å². The Bertz CT molecular complexity index is 1120. The van der Waals surface area contributed by atoms with E-state index in [2.05, 4.69) is 56.8 Å². The normalized spacial score (nSPS) is 10.8. The summed E-state index contributed by atoms with van der Waals surface area (Å²) in [6, 6.07) is 16.3. The molecule has 2 N–H and O–H groups in total. The van der Waals surface area contributed by atoms with Crippen molar-refractivity contribution in [3.05, 3.63) is 70.8 Å². The van der Waals surface area contributed by atoms with E-state index in [1.165, 1.54) is 0 Å². The summed E-state index contributed by atoms with van der Waals surface area (Å²) in [6.45, 7) is 2.63. The van der Waals surface area contributed by atoms with Gasteiger partial charge in [0.15, 0.2) is 5.15 Å². The number of nitrogens with zero attached hydrogens (tertiary/aromatic N) is 5. The van der Waals surface area contributed by atoms with Gasteiger partial charge in [-0.1, -0.05) is 73.5 Å². The van der Waals surface area contributed by atoms with E-state index in [0.717, 1.165) is 47.3 Å². The quantitative estimate of drug-likeness (QED) is 0.399. The maximum Gasteiger partial charge on any atom is 1.00 e. The number of unbranched alkanes of at least 4 members (excludes halogenated alkanes) is 1. The third kappa shape index (κ3) is 5.25. The largest absolute Gasteiger partial charge is 1.00 e. The number of rotatable bonds is 8. The third-order valence-electron chi connectivity index (χ3n) is 5.13. The second kappa shape index (κ2) is 11.0. The fourth-order valence-electron chi connectivity index (χ4n) is 3.55. The summed E-state index contributed by atoms with van der Waals surface area (Å²) in [6.07, 6.45) is 2.95. The number of tetrazole rings is 1. The van der Waals surface area contributed by atoms with Crippen molar-refractivity contribution in [2.45, 2.75) is 39.3 Å². The van der Waals surface area contributed by atoms with Crippen molar-refractivity contribution in [3.63, 3.8) is 0 Å². The standard InChI is InChI=1S/C22H23ClN6O.Na.H/c1-2-3-8-20-24-21(23)19(14-30)29(20)13-15-9-11-16(12-10-15)17-6-4-5-7-18(17)22-25-27-28-26-22;;/h4-7,9-12,30H,2-3,8,13-14H2,1H3,(H,25,26,27,28);;/q;+1;-1. The summed E-state index contributed by atoms with van der Waals surface area (Å²) >= 11 is 6.26. The van der Waals surface area contributed by atoms with E-state index in [1.807, 2.05) is 28.8 Å². The monoisotopic (exact) mass is 446 g/mol. The van der Waals surface area contributed by atoms with E-state index in [1.54, 1.807) is 0 Å². The van der Waals surface area contributed by atoms with E-state index in [9.17, 15) is 5.11 Å². The number of aliphatic hydroxyl groups excluding tert-OH is 1. The van der Waals surface area contributed by atoms with Gasteiger partial charge >= 0.3 is 29.6 Å². The molecule has 0 amide bonds. The molecule has 2 aromatic heterocycles. The summed E-state index contributed by atoms with van der Waals surface area (Å²) in [7, 11) is 0. The SMILES string of the molecule is CCCCc1nc(Cl)c(CO)n1Cc1ccc(-c2ccccc2-c2nn[nH]n2)cc1.[H-].[Na+]. The minimum atomic E-state index is -0.131. The summed E-state index contributed by atoms with van der Waals surface area (Å²) in [4.78, 5) is 4.47. The minimum Gasteiger partial charge on any atom is -1.00 e. The molecule has 7 nitrogen and oxygen atoms in total. The van der Waals surface area contributed by atoms with E-state index in [0.29, 0.717) is 23.2 Å². The fraction of sp³-hybridized carbons (Fsp3) is 0.273. The van der Waals surface area contributed by atoms with Crippen LogP contribution in [0.4, 0.5) is 0 Å². The Morgan fingerprint density at radius 2 is 1.84 bits per heavy atom. The summed E-state index contributed by atoms with van der Waals surface area (Å²) < 4.78 is 2.03. The number of imidazole rings is 1. The van der Waals surface area contributed by atoms with Crippen molar-refractivity contribution in [2.24, 2.45) is 0 Å². The molecule has 0 unspecified atom stereocenters. The van der Waals surface area contributed by atoms with Crippen LogP contribution in [0.2, 0.25) is 5.15 Å². The van der Waals surface area contributed by atoms with Crippen molar-refractivity contribution < 1.29 is 36.1 Å². The number of nitrogens with one attached hydrogen (secondary N) is 1. The number of aliphatic hydroxyl groups is 1. The molecule has 0 atom stereocenters. The van der Waals surface area contributed by atoms with Crippen LogP contribution in [-0.4, -0.2) is 35.3 Å². The van der Waals surface area contributed by atoms with Crippen LogP contribution in [-0.2, 0) is 19.6 Å². The van der Waals surface area contributed by atoms with Gasteiger partial charge in [-0.05, 0) is 28.3 Å². The van der Waals surface area contributed by atoms with Gasteiger partial charge in [-0.3, -0.25) is 0 Å². The molecule has 2 heterocycles. The number of H-pyrrole nitrogens is 1. The number of halogens is 1. The van der Waals surface area contributed by atoms with Crippen LogP contribution in [0.15, 0.2) is 48.5 Å². The predicted octanol–water partition coefficient (Wildman–Crippen LogP) is 1.38. The molecular weight excluding hydrogens is 423 g/mol. The molecule has 0 spiro atoms. The minimum absolute atomic E-state index is 0. The Labute approximate surface area is 209 Å². The molecule has 2 aromatic carbocycles. The molecule has 0 aliphatic heterocycles. The summed E-state index contributed by atoms with van der Waals surface area (Å²) in [5, 5.41) is 24.5. The van der Waals surface area contributed by atoms with Gasteiger partial charge < -0.3 is 11.1 Å². The van der Waals surface area contributed by atoms with Gasteiger partial charge in [-0.2, -0.15) is 5.21 Å². The Morgan fingerprint density at radius 1 is 1.10 bits per heavy atom. The van der Waals surface area contributed by atoms with Gasteiger partial charge in [0.2, 0.25) is 5.82 Å². The second-order valence-electron chi connectivity index (χ2n) is 7.09. The van der Waals surface area contributed by atoms with E-state index in [4.69, 9.17) is 11.6 Å². The van der Waals surface area contributed by atoms with E-state index in [-0.39, 0.29) is 37.6 Å². The molecule has 0 bridgehead atoms. The topological polar surface area (TPSA) is 92.5 Å². The zero-order valence-electron chi connectivity index (χ0n) is 18.7. The first-order chi connectivity index (χ1) is 14.7. The molecule has 4 rings (SSSR count). The number of aromatic amines is 1. The second-order valence-corrected chi connectivity index (χ2v) is 7.45. The molecule has 31 heavy (non-hydrogen) atoms. The zero-order valence-corrected chi connectivity index (χ0v) is 20.5. The first kappa shape index (κ1) is 23.6. The van der Waals surface area contributed by atoms with Crippen LogP contribution in [0.25, 0.3) is 22.5 Å². The Balaban J connectivity index is 0.00000181. The molecule has 4 aromatic rings. The summed E-state index contributed by atoms with van der Waals surface area (Å²) in [5.74, 6) is 1.48. The average Bonchev–Trinajstić information content (AvgIpc) is 3.41. The molecule has 0 radical (unpaired) electrons. The van der Waals surface area contributed by atoms with Crippen molar-refractivity contribution in [1.82, 2.24) is 30.2 Å². The molecule has 0 aliphatic rings. The first-order valence-electron chi connectivity index (χ1n) is 9.98. The molecule has 0 aliphatic carbocycles. The van der Waals surface area contributed by atoms with Gasteiger partial charge in [-0.25, -0.2) is 4.98 Å². The van der Waals surface area contributed by atoms with Crippen LogP contribution in [0.5, 0.6) is 0 Å². The molecule has 0 saturated heterocycles. The average molecular weight is 447 g/mol. The molecular formula is C22H24ClN6NaO. The molecule has 0 fully saturated rings. The van der Waals surface area contributed by atoms with Crippen LogP contribution in [0.1, 0.15) is 38.3 Å². The van der Waals surface area contributed by atoms with Crippen molar-refractivity contribution in [3.8, 4) is 22.5 Å². The van der Waals surface area contributed by atoms with Gasteiger partial charge in [0, 0.05) is 18.5 Å². The molecule has 0 saturated carbocycles. The first-order valence-corrected chi connectivity index (χ1v) is 10.4. The van der Waals surface area contributed by atoms with Gasteiger partial charge in [0.25, 0.3) is 0 Å². The number of hydrogen-bond acceptors (Lipinski definition) is 5. The maximum absolute atomic E-state index is 9.77. The molecule has 9 heteroatoms. The van der Waals surface area contributed by atoms with Gasteiger partial charge in [0.1, 0.15) is 5.82 Å².